The van der Waals surface area contributed by atoms with Crippen LogP contribution in [0.4, 0.5) is 31.1 Å². The molecule has 25 heavy (non-hydrogen) atoms. The zero-order valence-corrected chi connectivity index (χ0v) is 15.0. The fourth-order valence-electron chi connectivity index (χ4n) is 3.43. The molecule has 1 saturated heterocycles. The first-order valence-corrected chi connectivity index (χ1v) is 7.87. The van der Waals surface area contributed by atoms with Gasteiger partial charge in [-0.05, 0) is 32.7 Å². The maximum atomic E-state index is 12.6. The van der Waals surface area contributed by atoms with Crippen molar-refractivity contribution in [1.82, 2.24) is 9.80 Å². The molecular formula is C12H21B3F6N2O2. The molecule has 0 N–H and O–H groups in total. The van der Waals surface area contributed by atoms with Gasteiger partial charge >= 0.3 is 18.4 Å². The third-order valence-electron chi connectivity index (χ3n) is 4.39. The largest absolute Gasteiger partial charge is 0.434 e. The molecule has 1 aliphatic heterocycles. The Hall–Kier alpha value is -0.995. The first-order valence-electron chi connectivity index (χ1n) is 7.87. The van der Waals surface area contributed by atoms with E-state index in [4.69, 9.17) is 0 Å². The van der Waals surface area contributed by atoms with Crippen molar-refractivity contribution in [3.05, 3.63) is 0 Å². The highest BCUT2D eigenvalue weighted by Crippen LogP contribution is 2.36. The Morgan fingerprint density at radius 3 is 1.80 bits per heavy atom. The number of alkyl halides is 6. The molecule has 0 saturated carbocycles. The van der Waals surface area contributed by atoms with Crippen LogP contribution >= 0.6 is 0 Å². The average molecular weight is 372 g/mol. The van der Waals surface area contributed by atoms with Gasteiger partial charge in [0.15, 0.2) is 0 Å². The van der Waals surface area contributed by atoms with Gasteiger partial charge in [-0.25, -0.2) is 4.79 Å². The van der Waals surface area contributed by atoms with Crippen molar-refractivity contribution in [3.63, 3.8) is 0 Å². The monoisotopic (exact) mass is 372 g/mol. The molecule has 0 aromatic rings. The van der Waals surface area contributed by atoms with E-state index >= 15 is 0 Å². The molecule has 4 nitrogen and oxygen atoms in total. The van der Waals surface area contributed by atoms with Gasteiger partial charge in [0.25, 0.3) is 6.10 Å². The number of carbonyl (C=O) groups is 1. The van der Waals surface area contributed by atoms with Crippen molar-refractivity contribution in [2.24, 2.45) is 0 Å². The summed E-state index contributed by atoms with van der Waals surface area (Å²) in [4.78, 5) is 15.1. The van der Waals surface area contributed by atoms with Crippen molar-refractivity contribution in [3.8, 4) is 0 Å². The van der Waals surface area contributed by atoms with E-state index in [0.717, 1.165) is 4.90 Å². The topological polar surface area (TPSA) is 32.8 Å². The van der Waals surface area contributed by atoms with Gasteiger partial charge in [0.1, 0.15) is 23.5 Å². The Morgan fingerprint density at radius 1 is 1.00 bits per heavy atom. The van der Waals surface area contributed by atoms with E-state index in [1.165, 1.54) is 0 Å². The number of ether oxygens (including phenoxy) is 1. The number of hydrogen-bond acceptors (Lipinski definition) is 3. The Morgan fingerprint density at radius 2 is 1.44 bits per heavy atom. The molecule has 13 heteroatoms. The highest BCUT2D eigenvalue weighted by molar-refractivity contribution is 6.23. The second kappa shape index (κ2) is 6.96. The number of halogens is 6. The zero-order valence-electron chi connectivity index (χ0n) is 15.0. The van der Waals surface area contributed by atoms with Crippen molar-refractivity contribution in [1.29, 1.82) is 0 Å². The van der Waals surface area contributed by atoms with Gasteiger partial charge in [-0.3, -0.25) is 0 Å². The fraction of sp³-hybridized carbons (Fsp3) is 0.917. The summed E-state index contributed by atoms with van der Waals surface area (Å²) in [6.45, 7) is 5.82. The van der Waals surface area contributed by atoms with Gasteiger partial charge in [-0.2, -0.15) is 26.3 Å². The van der Waals surface area contributed by atoms with E-state index in [-0.39, 0.29) is 24.0 Å². The minimum absolute atomic E-state index is 0.0238. The number of piperazine rings is 1. The number of rotatable bonds is 1. The van der Waals surface area contributed by atoms with Gasteiger partial charge in [0, 0.05) is 18.0 Å². The Balaban J connectivity index is 3.00. The molecule has 0 aliphatic carbocycles. The summed E-state index contributed by atoms with van der Waals surface area (Å²) in [5.74, 6) is -1.13. The summed E-state index contributed by atoms with van der Waals surface area (Å²) < 4.78 is 79.4. The van der Waals surface area contributed by atoms with Crippen LogP contribution in [0.25, 0.3) is 0 Å². The first-order chi connectivity index (χ1) is 11.0. The molecule has 0 aromatic carbocycles. The van der Waals surface area contributed by atoms with Crippen molar-refractivity contribution < 1.29 is 35.9 Å². The quantitative estimate of drug-likeness (QED) is 0.477. The lowest BCUT2D eigenvalue weighted by molar-refractivity contribution is -0.308. The third-order valence-corrected chi connectivity index (χ3v) is 4.39. The van der Waals surface area contributed by atoms with E-state index in [9.17, 15) is 31.1 Å². The average Bonchev–Trinajstić information content (AvgIpc) is 2.35. The van der Waals surface area contributed by atoms with Crippen LogP contribution in [0.15, 0.2) is 0 Å². The normalized spacial score (nSPS) is 26.8. The summed E-state index contributed by atoms with van der Waals surface area (Å²) in [5, 5.41) is 0. The minimum atomic E-state index is -5.72. The van der Waals surface area contributed by atoms with Crippen LogP contribution in [0, 0.1) is 0 Å². The molecule has 0 bridgehead atoms. The van der Waals surface area contributed by atoms with Crippen molar-refractivity contribution >= 4 is 29.6 Å². The highest BCUT2D eigenvalue weighted by atomic mass is 19.4. The minimum Gasteiger partial charge on any atom is -0.426 e. The molecule has 142 valence electrons. The Kier molecular flexibility index (Phi) is 6.14. The predicted molar refractivity (Wildman–Crippen MR) is 87.7 cm³/mol. The van der Waals surface area contributed by atoms with Crippen molar-refractivity contribution in [2.75, 3.05) is 6.54 Å². The smallest absolute Gasteiger partial charge is 0.426 e. The van der Waals surface area contributed by atoms with E-state index in [1.807, 2.05) is 20.8 Å². The molecule has 1 fully saturated rings. The van der Waals surface area contributed by atoms with Crippen LogP contribution in [-0.2, 0) is 4.74 Å². The second-order valence-corrected chi connectivity index (χ2v) is 7.41. The van der Waals surface area contributed by atoms with Gasteiger partial charge in [-0.1, -0.05) is 0 Å². The molecule has 3 atom stereocenters. The van der Waals surface area contributed by atoms with Gasteiger partial charge < -0.3 is 14.5 Å². The fourth-order valence-corrected chi connectivity index (χ4v) is 3.43. The Bertz CT molecular complexity index is 483. The molecule has 0 spiro atoms. The van der Waals surface area contributed by atoms with Crippen molar-refractivity contribution in [2.45, 2.75) is 62.6 Å². The van der Waals surface area contributed by atoms with Gasteiger partial charge in [-0.15, -0.1) is 0 Å². The van der Waals surface area contributed by atoms with Crippen LogP contribution < -0.4 is 0 Å². The van der Waals surface area contributed by atoms with E-state index in [1.54, 1.807) is 23.5 Å². The lowest BCUT2D eigenvalue weighted by atomic mass is 9.69. The summed E-state index contributed by atoms with van der Waals surface area (Å²) in [7, 11) is 5.11. The van der Waals surface area contributed by atoms with Gasteiger partial charge in [0.05, 0.1) is 0 Å². The molecule has 1 amide bonds. The molecule has 1 aliphatic rings. The molecule has 0 radical (unpaired) electrons. The maximum Gasteiger partial charge on any atom is 0.434 e. The van der Waals surface area contributed by atoms with Crippen LogP contribution in [0.5, 0.6) is 0 Å². The first kappa shape index (κ1) is 22.0. The summed E-state index contributed by atoms with van der Waals surface area (Å²) in [5.41, 5.74) is -0.274. The number of nitrogens with zero attached hydrogens (tertiary/aromatic N) is 2. The molecular weight excluding hydrogens is 351 g/mol. The lowest BCUT2D eigenvalue weighted by Crippen LogP contribution is -2.70. The van der Waals surface area contributed by atoms with Crippen LogP contribution in [0.1, 0.15) is 20.8 Å². The standard InChI is InChI=1S/C12H21B3F6N2O2/c1-10(2,3)23-5(13)4-22(6(14)7(23)15)9(24)25-8(11(16,17)18)12(19,20)21/h5-8H,4,13-15H2,1-3H3. The van der Waals surface area contributed by atoms with Crippen LogP contribution in [0.2, 0.25) is 0 Å². The second-order valence-electron chi connectivity index (χ2n) is 7.41. The summed E-state index contributed by atoms with van der Waals surface area (Å²) in [6.07, 6.45) is -17.2. The zero-order chi connectivity index (χ0) is 20.0. The van der Waals surface area contributed by atoms with E-state index in [2.05, 4.69) is 9.64 Å². The number of hydrogen-bond donors (Lipinski definition) is 0. The SMILES string of the molecule is BC1C(B)N(C(C)(C)C)C(B)CN1C(=O)OC(C(F)(F)F)C(F)(F)F. The molecule has 1 heterocycles. The van der Waals surface area contributed by atoms with Crippen LogP contribution in [-0.4, -0.2) is 87.8 Å². The maximum absolute atomic E-state index is 12.6. The molecule has 1 rings (SSSR count). The number of carbonyl (C=O) groups excluding carboxylic acids is 1. The third kappa shape index (κ3) is 5.01. The Labute approximate surface area is 145 Å². The predicted octanol–water partition coefficient (Wildman–Crippen LogP) is -0.0901. The molecule has 0 aromatic heterocycles. The lowest BCUT2D eigenvalue weighted by Gasteiger charge is -2.54. The van der Waals surface area contributed by atoms with Crippen LogP contribution in [0.3, 0.4) is 0 Å². The number of amides is 1. The summed E-state index contributed by atoms with van der Waals surface area (Å²) >= 11 is 0. The van der Waals surface area contributed by atoms with E-state index < -0.39 is 30.5 Å². The van der Waals surface area contributed by atoms with Gasteiger partial charge in [0.2, 0.25) is 0 Å². The molecule has 3 unspecified atom stereocenters. The van der Waals surface area contributed by atoms with E-state index in [0.29, 0.717) is 0 Å². The summed E-state index contributed by atoms with van der Waals surface area (Å²) in [6, 6.07) is 0. The highest BCUT2D eigenvalue weighted by Gasteiger charge is 2.60.